The van der Waals surface area contributed by atoms with Crippen LogP contribution in [0.5, 0.6) is 5.75 Å². The minimum Gasteiger partial charge on any atom is -0.495 e. The molecule has 3 rings (SSSR count). The van der Waals surface area contributed by atoms with E-state index < -0.39 is 0 Å². The van der Waals surface area contributed by atoms with E-state index in [1.165, 1.54) is 11.1 Å². The summed E-state index contributed by atoms with van der Waals surface area (Å²) in [6.45, 7) is 0. The lowest BCUT2D eigenvalue weighted by molar-refractivity contribution is 0.415. The molecule has 0 amide bonds. The second kappa shape index (κ2) is 5.88. The molecule has 0 spiro atoms. The highest BCUT2D eigenvalue weighted by Crippen LogP contribution is 2.29. The van der Waals surface area contributed by atoms with E-state index in [9.17, 15) is 0 Å². The van der Waals surface area contributed by atoms with E-state index in [-0.39, 0.29) is 0 Å². The number of methoxy groups -OCH3 is 1. The van der Waals surface area contributed by atoms with Crippen LogP contribution >= 0.6 is 0 Å². The fourth-order valence-electron chi connectivity index (χ4n) is 2.92. The van der Waals surface area contributed by atoms with Crippen molar-refractivity contribution in [3.8, 4) is 11.8 Å². The number of rotatable bonds is 3. The lowest BCUT2D eigenvalue weighted by atomic mass is 9.88. The highest BCUT2D eigenvalue weighted by atomic mass is 16.5. The van der Waals surface area contributed by atoms with E-state index in [4.69, 9.17) is 10.00 Å². The number of aryl methyl sites for hydroxylation is 1. The van der Waals surface area contributed by atoms with Crippen molar-refractivity contribution < 1.29 is 4.74 Å². The van der Waals surface area contributed by atoms with Crippen LogP contribution in [0.3, 0.4) is 0 Å². The smallest absolute Gasteiger partial charge is 0.143 e. The third kappa shape index (κ3) is 2.85. The van der Waals surface area contributed by atoms with Crippen LogP contribution in [0.4, 0.5) is 5.69 Å². The van der Waals surface area contributed by atoms with Gasteiger partial charge in [0.15, 0.2) is 0 Å². The van der Waals surface area contributed by atoms with Gasteiger partial charge in [0, 0.05) is 12.1 Å². The minimum atomic E-state index is 0.404. The van der Waals surface area contributed by atoms with Gasteiger partial charge in [-0.15, -0.1) is 0 Å². The Balaban J connectivity index is 1.78. The minimum absolute atomic E-state index is 0.404. The van der Waals surface area contributed by atoms with Crippen molar-refractivity contribution in [2.75, 3.05) is 12.4 Å². The zero-order valence-electron chi connectivity index (χ0n) is 12.1. The van der Waals surface area contributed by atoms with Crippen molar-refractivity contribution in [3.05, 3.63) is 59.2 Å². The molecule has 0 aromatic heterocycles. The van der Waals surface area contributed by atoms with Crippen LogP contribution in [0.15, 0.2) is 42.5 Å². The molecule has 21 heavy (non-hydrogen) atoms. The van der Waals surface area contributed by atoms with Crippen molar-refractivity contribution in [1.82, 2.24) is 0 Å². The standard InChI is InChI=1S/C18H18N2O/c1-21-18-10-13(12-19)6-9-17(18)20-16-8-7-14-4-2-3-5-15(14)11-16/h2-6,9-10,16,20H,7-8,11H2,1H3. The fourth-order valence-corrected chi connectivity index (χ4v) is 2.92. The topological polar surface area (TPSA) is 45.0 Å². The molecule has 1 unspecified atom stereocenters. The van der Waals surface area contributed by atoms with Gasteiger partial charge in [-0.1, -0.05) is 24.3 Å². The molecule has 1 aliphatic carbocycles. The van der Waals surface area contributed by atoms with Crippen molar-refractivity contribution >= 4 is 5.69 Å². The molecule has 1 aliphatic rings. The Kier molecular flexibility index (Phi) is 3.79. The quantitative estimate of drug-likeness (QED) is 0.934. The van der Waals surface area contributed by atoms with Crippen LogP contribution < -0.4 is 10.1 Å². The summed E-state index contributed by atoms with van der Waals surface area (Å²) in [5.41, 5.74) is 4.46. The van der Waals surface area contributed by atoms with Gasteiger partial charge in [0.2, 0.25) is 0 Å². The van der Waals surface area contributed by atoms with Gasteiger partial charge >= 0.3 is 0 Å². The molecule has 0 bridgehead atoms. The van der Waals surface area contributed by atoms with Gasteiger partial charge in [-0.05, 0) is 42.5 Å². The molecule has 3 nitrogen and oxygen atoms in total. The molecule has 0 fully saturated rings. The molecule has 106 valence electrons. The maximum Gasteiger partial charge on any atom is 0.143 e. The summed E-state index contributed by atoms with van der Waals surface area (Å²) >= 11 is 0. The van der Waals surface area contributed by atoms with E-state index >= 15 is 0 Å². The molecule has 1 N–H and O–H groups in total. The lowest BCUT2D eigenvalue weighted by Gasteiger charge is -2.27. The van der Waals surface area contributed by atoms with Gasteiger partial charge in [-0.2, -0.15) is 5.26 Å². The Labute approximate surface area is 125 Å². The normalized spacial score (nSPS) is 16.7. The van der Waals surface area contributed by atoms with Crippen molar-refractivity contribution in [3.63, 3.8) is 0 Å². The monoisotopic (exact) mass is 278 g/mol. The zero-order chi connectivity index (χ0) is 14.7. The first kappa shape index (κ1) is 13.5. The van der Waals surface area contributed by atoms with E-state index in [0.717, 1.165) is 30.7 Å². The number of nitrogens with zero attached hydrogens (tertiary/aromatic N) is 1. The van der Waals surface area contributed by atoms with E-state index in [0.29, 0.717) is 11.6 Å². The number of nitrogens with one attached hydrogen (secondary N) is 1. The summed E-state index contributed by atoms with van der Waals surface area (Å²) < 4.78 is 5.39. The Morgan fingerprint density at radius 3 is 2.76 bits per heavy atom. The molecule has 2 aromatic carbocycles. The molecular weight excluding hydrogens is 260 g/mol. The van der Waals surface area contributed by atoms with E-state index in [2.05, 4.69) is 35.7 Å². The van der Waals surface area contributed by atoms with E-state index in [1.54, 1.807) is 13.2 Å². The van der Waals surface area contributed by atoms with Crippen LogP contribution in [0, 0.1) is 11.3 Å². The van der Waals surface area contributed by atoms with Crippen molar-refractivity contribution in [2.45, 2.75) is 25.3 Å². The van der Waals surface area contributed by atoms with E-state index in [1.807, 2.05) is 12.1 Å². The molecule has 0 aliphatic heterocycles. The van der Waals surface area contributed by atoms with Crippen molar-refractivity contribution in [1.29, 1.82) is 5.26 Å². The molecule has 0 radical (unpaired) electrons. The molecule has 0 saturated carbocycles. The highest BCUT2D eigenvalue weighted by molar-refractivity contribution is 5.60. The van der Waals surface area contributed by atoms with Crippen LogP contribution in [0.1, 0.15) is 23.1 Å². The predicted octanol–water partition coefficient (Wildman–Crippen LogP) is 3.54. The second-order valence-electron chi connectivity index (χ2n) is 5.38. The van der Waals surface area contributed by atoms with Crippen LogP contribution in [-0.4, -0.2) is 13.2 Å². The first-order valence-electron chi connectivity index (χ1n) is 7.21. The highest BCUT2D eigenvalue weighted by Gasteiger charge is 2.19. The Hall–Kier alpha value is -2.47. The van der Waals surface area contributed by atoms with Gasteiger partial charge in [0.1, 0.15) is 5.75 Å². The molecule has 2 aromatic rings. The van der Waals surface area contributed by atoms with Crippen LogP contribution in [0.2, 0.25) is 0 Å². The Morgan fingerprint density at radius 2 is 2.00 bits per heavy atom. The third-order valence-corrected chi connectivity index (χ3v) is 4.04. The number of hydrogen-bond donors (Lipinski definition) is 1. The summed E-state index contributed by atoms with van der Waals surface area (Å²) in [5.74, 6) is 0.730. The number of fused-ring (bicyclic) bond motifs is 1. The maximum atomic E-state index is 8.95. The van der Waals surface area contributed by atoms with Gasteiger partial charge in [-0.25, -0.2) is 0 Å². The van der Waals surface area contributed by atoms with Gasteiger partial charge in [0.25, 0.3) is 0 Å². The fraction of sp³-hybridized carbons (Fsp3) is 0.278. The van der Waals surface area contributed by atoms with Crippen LogP contribution in [-0.2, 0) is 12.8 Å². The van der Waals surface area contributed by atoms with Crippen LogP contribution in [0.25, 0.3) is 0 Å². The number of ether oxygens (including phenoxy) is 1. The third-order valence-electron chi connectivity index (χ3n) is 4.04. The molecule has 3 heteroatoms. The van der Waals surface area contributed by atoms with Crippen molar-refractivity contribution in [2.24, 2.45) is 0 Å². The molecular formula is C18H18N2O. The largest absolute Gasteiger partial charge is 0.495 e. The summed E-state index contributed by atoms with van der Waals surface area (Å²) in [6.07, 6.45) is 3.24. The zero-order valence-corrected chi connectivity index (χ0v) is 12.1. The summed E-state index contributed by atoms with van der Waals surface area (Å²) in [7, 11) is 1.64. The number of nitriles is 1. The molecule has 0 heterocycles. The lowest BCUT2D eigenvalue weighted by Crippen LogP contribution is -2.27. The predicted molar refractivity (Wildman–Crippen MR) is 83.6 cm³/mol. The summed E-state index contributed by atoms with van der Waals surface area (Å²) in [6, 6.07) is 16.7. The first-order valence-corrected chi connectivity index (χ1v) is 7.21. The summed E-state index contributed by atoms with van der Waals surface area (Å²) in [5, 5.41) is 12.5. The average molecular weight is 278 g/mol. The van der Waals surface area contributed by atoms with Gasteiger partial charge < -0.3 is 10.1 Å². The molecule has 1 atom stereocenters. The Morgan fingerprint density at radius 1 is 1.19 bits per heavy atom. The second-order valence-corrected chi connectivity index (χ2v) is 5.38. The number of benzene rings is 2. The number of hydrogen-bond acceptors (Lipinski definition) is 3. The maximum absolute atomic E-state index is 8.95. The summed E-state index contributed by atoms with van der Waals surface area (Å²) in [4.78, 5) is 0. The van der Waals surface area contributed by atoms with Gasteiger partial charge in [0.05, 0.1) is 24.4 Å². The van der Waals surface area contributed by atoms with Gasteiger partial charge in [-0.3, -0.25) is 0 Å². The molecule has 0 saturated heterocycles. The number of anilines is 1. The first-order chi connectivity index (χ1) is 10.3. The SMILES string of the molecule is COc1cc(C#N)ccc1NC1CCc2ccccc2C1. The average Bonchev–Trinajstić information content (AvgIpc) is 2.55. The Bertz CT molecular complexity index is 688.